The molecule has 0 aromatic carbocycles. The van der Waals surface area contributed by atoms with E-state index in [9.17, 15) is 18.0 Å². The zero-order valence-corrected chi connectivity index (χ0v) is 9.67. The smallest absolute Gasteiger partial charge is 0.307 e. The third-order valence-corrected chi connectivity index (χ3v) is 2.72. The number of carbonyl (C=O) groups excluding carboxylic acids is 1. The fourth-order valence-electron chi connectivity index (χ4n) is 1.45. The molecule has 2 heterocycles. The van der Waals surface area contributed by atoms with E-state index in [1.165, 1.54) is 12.3 Å². The van der Waals surface area contributed by atoms with Gasteiger partial charge in [0.1, 0.15) is 5.69 Å². The van der Waals surface area contributed by atoms with Crippen LogP contribution < -0.4 is 5.32 Å². The number of halogens is 3. The first kappa shape index (κ1) is 12.5. The first-order valence-electron chi connectivity index (χ1n) is 5.15. The van der Waals surface area contributed by atoms with E-state index in [0.717, 1.165) is 12.5 Å². The van der Waals surface area contributed by atoms with Crippen LogP contribution in [-0.2, 0) is 4.79 Å². The highest BCUT2D eigenvalue weighted by atomic mass is 19.4. The number of aliphatic imine (C=N–C) groups is 1. The second-order valence-electron chi connectivity index (χ2n) is 4.21. The molecule has 0 aliphatic carbocycles. The number of nitrogens with one attached hydrogen (secondary N) is 1. The van der Waals surface area contributed by atoms with Gasteiger partial charge in [0.05, 0.1) is 0 Å². The van der Waals surface area contributed by atoms with E-state index in [0.29, 0.717) is 0 Å². The summed E-state index contributed by atoms with van der Waals surface area (Å²) in [5, 5.41) is 2.12. The lowest BCUT2D eigenvalue weighted by Gasteiger charge is -2.20. The summed E-state index contributed by atoms with van der Waals surface area (Å²) in [6.45, 7) is 2.54. The van der Waals surface area contributed by atoms with Gasteiger partial charge in [0, 0.05) is 6.20 Å². The fraction of sp³-hybridized carbons (Fsp3) is 0.364. The van der Waals surface area contributed by atoms with Gasteiger partial charge in [0.2, 0.25) is 5.54 Å². The van der Waals surface area contributed by atoms with Gasteiger partial charge in [0.15, 0.2) is 5.84 Å². The monoisotopic (exact) mass is 257 g/mol. The van der Waals surface area contributed by atoms with Crippen molar-refractivity contribution in [3.63, 3.8) is 0 Å². The van der Waals surface area contributed by atoms with Gasteiger partial charge in [-0.05, 0) is 25.5 Å². The number of nitrogens with zero attached hydrogens (tertiary/aromatic N) is 2. The van der Waals surface area contributed by atoms with Crippen molar-refractivity contribution in [1.82, 2.24) is 10.3 Å². The zero-order chi connectivity index (χ0) is 13.6. The Morgan fingerprint density at radius 2 is 2.00 bits per heavy atom. The van der Waals surface area contributed by atoms with Crippen molar-refractivity contribution in [2.24, 2.45) is 4.99 Å². The lowest BCUT2D eigenvalue weighted by Crippen LogP contribution is -2.48. The number of hydrogen-bond acceptors (Lipinski definition) is 3. The van der Waals surface area contributed by atoms with Crippen molar-refractivity contribution in [2.45, 2.75) is 25.6 Å². The summed E-state index contributed by atoms with van der Waals surface area (Å²) < 4.78 is 38.3. The normalized spacial score (nSPS) is 23.8. The van der Waals surface area contributed by atoms with Gasteiger partial charge >= 0.3 is 6.18 Å². The van der Waals surface area contributed by atoms with E-state index in [1.807, 2.05) is 0 Å². The van der Waals surface area contributed by atoms with Crippen LogP contribution in [0, 0.1) is 6.92 Å². The van der Waals surface area contributed by atoms with Crippen LogP contribution >= 0.6 is 0 Å². The molecule has 0 saturated carbocycles. The molecule has 1 amide bonds. The van der Waals surface area contributed by atoms with E-state index >= 15 is 0 Å². The molecule has 96 valence electrons. The number of pyridine rings is 1. The number of hydrogen-bond donors (Lipinski definition) is 1. The predicted octanol–water partition coefficient (Wildman–Crippen LogP) is 1.59. The Bertz CT molecular complexity index is 521. The molecule has 1 aromatic heterocycles. The summed E-state index contributed by atoms with van der Waals surface area (Å²) in [7, 11) is 0. The summed E-state index contributed by atoms with van der Waals surface area (Å²) in [6.07, 6.45) is -3.24. The van der Waals surface area contributed by atoms with Gasteiger partial charge in [0.25, 0.3) is 5.91 Å². The maximum atomic E-state index is 12.8. The number of alkyl halides is 3. The molecule has 1 unspecified atom stereocenters. The first-order valence-corrected chi connectivity index (χ1v) is 5.15. The Kier molecular flexibility index (Phi) is 2.64. The summed E-state index contributed by atoms with van der Waals surface area (Å²) in [5.41, 5.74) is -1.67. The molecule has 0 spiro atoms. The average Bonchev–Trinajstić information content (AvgIpc) is 2.57. The predicted molar refractivity (Wildman–Crippen MR) is 58.1 cm³/mol. The molecule has 1 N–H and O–H groups in total. The van der Waals surface area contributed by atoms with Gasteiger partial charge in [-0.25, -0.2) is 4.99 Å². The van der Waals surface area contributed by atoms with Crippen LogP contribution in [0.4, 0.5) is 13.2 Å². The Hall–Kier alpha value is -1.92. The van der Waals surface area contributed by atoms with Gasteiger partial charge in [-0.3, -0.25) is 9.78 Å². The Labute approximate surface area is 101 Å². The van der Waals surface area contributed by atoms with Crippen molar-refractivity contribution < 1.29 is 18.0 Å². The lowest BCUT2D eigenvalue weighted by molar-refractivity contribution is -0.183. The highest BCUT2D eigenvalue weighted by Gasteiger charge is 2.60. The Morgan fingerprint density at radius 3 is 2.44 bits per heavy atom. The van der Waals surface area contributed by atoms with Crippen LogP contribution in [0.3, 0.4) is 0 Å². The zero-order valence-electron chi connectivity index (χ0n) is 9.67. The number of aromatic nitrogens is 1. The van der Waals surface area contributed by atoms with E-state index in [4.69, 9.17) is 0 Å². The maximum absolute atomic E-state index is 12.8. The van der Waals surface area contributed by atoms with Crippen LogP contribution in [0.5, 0.6) is 0 Å². The minimum absolute atomic E-state index is 0.153. The molecular formula is C11H10F3N3O. The quantitative estimate of drug-likeness (QED) is 0.830. The number of aryl methyl sites for hydroxylation is 1. The Morgan fingerprint density at radius 1 is 1.33 bits per heavy atom. The van der Waals surface area contributed by atoms with E-state index in [1.54, 1.807) is 13.0 Å². The number of carbonyl (C=O) groups is 1. The van der Waals surface area contributed by atoms with Crippen LogP contribution in [-0.4, -0.2) is 28.4 Å². The number of rotatable bonds is 1. The van der Waals surface area contributed by atoms with Crippen molar-refractivity contribution in [1.29, 1.82) is 0 Å². The van der Waals surface area contributed by atoms with Gasteiger partial charge in [-0.1, -0.05) is 6.07 Å². The number of amidine groups is 1. The molecule has 0 saturated heterocycles. The van der Waals surface area contributed by atoms with Crippen LogP contribution in [0.25, 0.3) is 0 Å². The Balaban J connectivity index is 2.41. The summed E-state index contributed by atoms with van der Waals surface area (Å²) in [5.74, 6) is -1.34. The molecule has 0 radical (unpaired) electrons. The third-order valence-electron chi connectivity index (χ3n) is 2.72. The summed E-state index contributed by atoms with van der Waals surface area (Å²) in [4.78, 5) is 18.8. The molecule has 1 aromatic rings. The minimum Gasteiger partial charge on any atom is -0.307 e. The molecule has 18 heavy (non-hydrogen) atoms. The fourth-order valence-corrected chi connectivity index (χ4v) is 1.45. The molecule has 0 bridgehead atoms. The minimum atomic E-state index is -4.73. The number of amides is 1. The van der Waals surface area contributed by atoms with Gasteiger partial charge in [-0.2, -0.15) is 13.2 Å². The molecule has 0 fully saturated rings. The van der Waals surface area contributed by atoms with E-state index in [2.05, 4.69) is 15.3 Å². The van der Waals surface area contributed by atoms with Gasteiger partial charge in [-0.15, -0.1) is 0 Å². The second-order valence-corrected chi connectivity index (χ2v) is 4.21. The molecule has 1 aliphatic rings. The average molecular weight is 257 g/mol. The maximum Gasteiger partial charge on any atom is 0.422 e. The van der Waals surface area contributed by atoms with Crippen molar-refractivity contribution in [3.05, 3.63) is 29.6 Å². The van der Waals surface area contributed by atoms with E-state index < -0.39 is 17.6 Å². The molecule has 7 heteroatoms. The highest BCUT2D eigenvalue weighted by molar-refractivity contribution is 6.14. The standard InChI is InChI=1S/C11H10F3N3O/c1-6-3-4-7(15-5-6)8-16-9(18)10(2,17-8)11(12,13)14/h3-5H,1-2H3,(H,16,17,18). The first-order chi connectivity index (χ1) is 8.24. The molecule has 1 atom stereocenters. The lowest BCUT2D eigenvalue weighted by atomic mass is 10.0. The SMILES string of the molecule is Cc1ccc(C2=NC(C)(C(F)(F)F)C(=O)N2)nc1. The van der Waals surface area contributed by atoms with Crippen LogP contribution in [0.15, 0.2) is 23.3 Å². The van der Waals surface area contributed by atoms with E-state index in [-0.39, 0.29) is 11.5 Å². The van der Waals surface area contributed by atoms with Gasteiger partial charge < -0.3 is 5.32 Å². The molecule has 4 nitrogen and oxygen atoms in total. The molecular weight excluding hydrogens is 247 g/mol. The largest absolute Gasteiger partial charge is 0.422 e. The molecule has 2 rings (SSSR count). The van der Waals surface area contributed by atoms with Crippen LogP contribution in [0.1, 0.15) is 18.2 Å². The van der Waals surface area contributed by atoms with Crippen molar-refractivity contribution in [2.75, 3.05) is 0 Å². The third kappa shape index (κ3) is 1.85. The molecule has 1 aliphatic heterocycles. The topological polar surface area (TPSA) is 54.4 Å². The summed E-state index contributed by atoms with van der Waals surface area (Å²) >= 11 is 0. The van der Waals surface area contributed by atoms with Crippen molar-refractivity contribution >= 4 is 11.7 Å². The summed E-state index contributed by atoms with van der Waals surface area (Å²) in [6, 6.07) is 3.19. The highest BCUT2D eigenvalue weighted by Crippen LogP contribution is 2.36. The second kappa shape index (κ2) is 3.79. The van der Waals surface area contributed by atoms with Crippen LogP contribution in [0.2, 0.25) is 0 Å². The van der Waals surface area contributed by atoms with Crippen molar-refractivity contribution in [3.8, 4) is 0 Å².